The minimum absolute atomic E-state index is 0.216. The first-order valence-corrected chi connectivity index (χ1v) is 7.80. The molecule has 0 bridgehead atoms. The Morgan fingerprint density at radius 1 is 1.16 bits per heavy atom. The van der Waals surface area contributed by atoms with Gasteiger partial charge in [0, 0.05) is 23.0 Å². The van der Waals surface area contributed by atoms with Gasteiger partial charge in [-0.1, -0.05) is 33.1 Å². The molecule has 0 amide bonds. The molecule has 3 rings (SSSR count). The van der Waals surface area contributed by atoms with Crippen LogP contribution in [0.25, 0.3) is 0 Å². The number of hydrogen-bond donors (Lipinski definition) is 1. The van der Waals surface area contributed by atoms with Crippen LogP contribution in [0.1, 0.15) is 76.7 Å². The van der Waals surface area contributed by atoms with Crippen molar-refractivity contribution in [2.45, 2.75) is 77.4 Å². The third kappa shape index (κ3) is 2.24. The van der Waals surface area contributed by atoms with Gasteiger partial charge < -0.3 is 9.67 Å². The second-order valence-corrected chi connectivity index (χ2v) is 7.71. The molecule has 1 aromatic rings. The molecule has 0 aromatic carbocycles. The fourth-order valence-electron chi connectivity index (χ4n) is 4.19. The Morgan fingerprint density at radius 3 is 2.53 bits per heavy atom. The SMILES string of the molecule is CC1(C)Cc2c(ccn2C2(C)CCCCC2)C(O)C1. The number of aromatic nitrogens is 1. The maximum absolute atomic E-state index is 10.4. The summed E-state index contributed by atoms with van der Waals surface area (Å²) in [6, 6.07) is 2.16. The van der Waals surface area contributed by atoms with E-state index in [4.69, 9.17) is 0 Å². The van der Waals surface area contributed by atoms with Crippen LogP contribution in [-0.4, -0.2) is 9.67 Å². The average Bonchev–Trinajstić information content (AvgIpc) is 2.72. The van der Waals surface area contributed by atoms with Crippen molar-refractivity contribution in [1.82, 2.24) is 4.57 Å². The van der Waals surface area contributed by atoms with E-state index in [9.17, 15) is 5.11 Å². The van der Waals surface area contributed by atoms with E-state index >= 15 is 0 Å². The van der Waals surface area contributed by atoms with Gasteiger partial charge in [0.05, 0.1) is 6.10 Å². The maximum atomic E-state index is 10.4. The molecule has 1 aromatic heterocycles. The van der Waals surface area contributed by atoms with E-state index in [0.29, 0.717) is 0 Å². The van der Waals surface area contributed by atoms with Crippen molar-refractivity contribution in [2.75, 3.05) is 0 Å². The minimum Gasteiger partial charge on any atom is -0.388 e. The van der Waals surface area contributed by atoms with E-state index in [1.54, 1.807) is 0 Å². The van der Waals surface area contributed by atoms with Crippen LogP contribution >= 0.6 is 0 Å². The monoisotopic (exact) mass is 261 g/mol. The summed E-state index contributed by atoms with van der Waals surface area (Å²) in [5.41, 5.74) is 3.08. The first-order chi connectivity index (χ1) is 8.91. The lowest BCUT2D eigenvalue weighted by Gasteiger charge is -2.40. The van der Waals surface area contributed by atoms with Crippen molar-refractivity contribution in [2.24, 2.45) is 5.41 Å². The van der Waals surface area contributed by atoms with Crippen molar-refractivity contribution in [3.8, 4) is 0 Å². The lowest BCUT2D eigenvalue weighted by atomic mass is 9.74. The maximum Gasteiger partial charge on any atom is 0.0812 e. The smallest absolute Gasteiger partial charge is 0.0812 e. The van der Waals surface area contributed by atoms with Crippen LogP contribution in [-0.2, 0) is 12.0 Å². The zero-order valence-electron chi connectivity index (χ0n) is 12.6. The highest BCUT2D eigenvalue weighted by Crippen LogP contribution is 2.44. The van der Waals surface area contributed by atoms with Gasteiger partial charge in [-0.15, -0.1) is 0 Å². The summed E-state index contributed by atoms with van der Waals surface area (Å²) in [7, 11) is 0. The number of fused-ring (bicyclic) bond motifs is 1. The minimum atomic E-state index is -0.271. The predicted octanol–water partition coefficient (Wildman–Crippen LogP) is 4.17. The molecule has 0 radical (unpaired) electrons. The van der Waals surface area contributed by atoms with Gasteiger partial charge in [0.1, 0.15) is 0 Å². The average molecular weight is 261 g/mol. The van der Waals surface area contributed by atoms with Crippen LogP contribution in [0.2, 0.25) is 0 Å². The number of aliphatic hydroxyl groups is 1. The fraction of sp³-hybridized carbons (Fsp3) is 0.765. The van der Waals surface area contributed by atoms with Crippen molar-refractivity contribution < 1.29 is 5.11 Å². The molecule has 1 fully saturated rings. The summed E-state index contributed by atoms with van der Waals surface area (Å²) in [5.74, 6) is 0. The van der Waals surface area contributed by atoms with E-state index in [1.807, 2.05) is 0 Å². The molecule has 19 heavy (non-hydrogen) atoms. The summed E-state index contributed by atoms with van der Waals surface area (Å²) in [6.07, 6.45) is 10.6. The third-order valence-electron chi connectivity index (χ3n) is 5.29. The topological polar surface area (TPSA) is 25.2 Å². The molecular formula is C17H27NO. The van der Waals surface area contributed by atoms with Crippen LogP contribution in [0.15, 0.2) is 12.3 Å². The Hall–Kier alpha value is -0.760. The molecule has 1 atom stereocenters. The molecule has 2 aliphatic rings. The standard InChI is InChI=1S/C17H27NO/c1-16(2)11-14-13(15(19)12-16)7-10-18(14)17(3)8-5-4-6-9-17/h7,10,15,19H,4-6,8-9,11-12H2,1-3H3. The molecule has 1 saturated carbocycles. The normalized spacial score (nSPS) is 28.9. The van der Waals surface area contributed by atoms with Crippen molar-refractivity contribution in [1.29, 1.82) is 0 Å². The second-order valence-electron chi connectivity index (χ2n) is 7.71. The van der Waals surface area contributed by atoms with Crippen molar-refractivity contribution >= 4 is 0 Å². The van der Waals surface area contributed by atoms with E-state index < -0.39 is 0 Å². The Balaban J connectivity index is 2.01. The summed E-state index contributed by atoms with van der Waals surface area (Å²) >= 11 is 0. The molecule has 2 heteroatoms. The van der Waals surface area contributed by atoms with Crippen molar-refractivity contribution in [3.63, 3.8) is 0 Å². The highest BCUT2D eigenvalue weighted by molar-refractivity contribution is 5.30. The van der Waals surface area contributed by atoms with E-state index in [1.165, 1.54) is 43.4 Å². The van der Waals surface area contributed by atoms with Crippen LogP contribution in [0.4, 0.5) is 0 Å². The predicted molar refractivity (Wildman–Crippen MR) is 78.2 cm³/mol. The summed E-state index contributed by atoms with van der Waals surface area (Å²) in [4.78, 5) is 0. The molecule has 0 saturated heterocycles. The van der Waals surface area contributed by atoms with Gasteiger partial charge in [0.15, 0.2) is 0 Å². The lowest BCUT2D eigenvalue weighted by Crippen LogP contribution is -2.36. The van der Waals surface area contributed by atoms with Gasteiger partial charge in [-0.25, -0.2) is 0 Å². The van der Waals surface area contributed by atoms with Gasteiger partial charge in [0.2, 0.25) is 0 Å². The number of aliphatic hydroxyl groups excluding tert-OH is 1. The highest BCUT2D eigenvalue weighted by Gasteiger charge is 2.37. The van der Waals surface area contributed by atoms with Crippen LogP contribution < -0.4 is 0 Å². The molecule has 0 spiro atoms. The molecular weight excluding hydrogens is 234 g/mol. The Morgan fingerprint density at radius 2 is 1.84 bits per heavy atom. The zero-order chi connectivity index (χ0) is 13.7. The third-order valence-corrected chi connectivity index (χ3v) is 5.29. The first kappa shape index (κ1) is 13.2. The molecule has 1 unspecified atom stereocenters. The molecule has 1 heterocycles. The van der Waals surface area contributed by atoms with Gasteiger partial charge in [-0.3, -0.25) is 0 Å². The Labute approximate surface area is 116 Å². The molecule has 2 aliphatic carbocycles. The van der Waals surface area contributed by atoms with E-state index in [2.05, 4.69) is 37.6 Å². The zero-order valence-corrected chi connectivity index (χ0v) is 12.6. The summed E-state index contributed by atoms with van der Waals surface area (Å²) < 4.78 is 2.51. The fourth-order valence-corrected chi connectivity index (χ4v) is 4.19. The van der Waals surface area contributed by atoms with Gasteiger partial charge >= 0.3 is 0 Å². The summed E-state index contributed by atoms with van der Waals surface area (Å²) in [6.45, 7) is 6.96. The number of hydrogen-bond acceptors (Lipinski definition) is 1. The first-order valence-electron chi connectivity index (χ1n) is 7.80. The van der Waals surface area contributed by atoms with Crippen LogP contribution in [0.3, 0.4) is 0 Å². The van der Waals surface area contributed by atoms with Gasteiger partial charge in [0.25, 0.3) is 0 Å². The number of rotatable bonds is 1. The number of nitrogens with zero attached hydrogens (tertiary/aromatic N) is 1. The molecule has 106 valence electrons. The molecule has 2 nitrogen and oxygen atoms in total. The van der Waals surface area contributed by atoms with E-state index in [-0.39, 0.29) is 17.1 Å². The molecule has 1 N–H and O–H groups in total. The van der Waals surface area contributed by atoms with Gasteiger partial charge in [-0.05, 0) is 44.1 Å². The van der Waals surface area contributed by atoms with Crippen molar-refractivity contribution in [3.05, 3.63) is 23.5 Å². The largest absolute Gasteiger partial charge is 0.388 e. The van der Waals surface area contributed by atoms with Gasteiger partial charge in [-0.2, -0.15) is 0 Å². The lowest BCUT2D eigenvalue weighted by molar-refractivity contribution is 0.0943. The summed E-state index contributed by atoms with van der Waals surface area (Å²) in [5, 5.41) is 10.4. The van der Waals surface area contributed by atoms with Crippen LogP contribution in [0, 0.1) is 5.41 Å². The Bertz CT molecular complexity index is 466. The van der Waals surface area contributed by atoms with Crippen LogP contribution in [0.5, 0.6) is 0 Å². The quantitative estimate of drug-likeness (QED) is 0.806. The highest BCUT2D eigenvalue weighted by atomic mass is 16.3. The molecule has 0 aliphatic heterocycles. The second kappa shape index (κ2) is 4.37. The van der Waals surface area contributed by atoms with E-state index in [0.717, 1.165) is 12.8 Å². The Kier molecular flexibility index (Phi) is 3.05.